The molecule has 1 fully saturated rings. The summed E-state index contributed by atoms with van der Waals surface area (Å²) < 4.78 is 0. The standard InChI is InChI=1S/C19H30N2O.ClH/c1-19(2,3)17-7-5-16(6-8-17)18(22)21-13-10-15(11-14-21)9-12-20-4;/h5-8,15,20H,9-14H2,1-4H3;1H. The Morgan fingerprint density at radius 3 is 2.22 bits per heavy atom. The number of carbonyl (C=O) groups is 1. The van der Waals surface area contributed by atoms with Crippen LogP contribution in [0.1, 0.15) is 56.0 Å². The number of nitrogens with one attached hydrogen (secondary N) is 1. The molecule has 1 aromatic carbocycles. The normalized spacial score (nSPS) is 16.1. The van der Waals surface area contributed by atoms with Gasteiger partial charge in [-0.3, -0.25) is 4.79 Å². The number of amides is 1. The minimum Gasteiger partial charge on any atom is -0.339 e. The summed E-state index contributed by atoms with van der Waals surface area (Å²) in [5.41, 5.74) is 2.23. The van der Waals surface area contributed by atoms with Gasteiger partial charge in [0.15, 0.2) is 0 Å². The van der Waals surface area contributed by atoms with Crippen LogP contribution >= 0.6 is 12.4 Å². The van der Waals surface area contributed by atoms with Gasteiger partial charge in [-0.05, 0) is 61.9 Å². The van der Waals surface area contributed by atoms with Gasteiger partial charge in [-0.15, -0.1) is 12.4 Å². The fourth-order valence-electron chi connectivity index (χ4n) is 3.07. The second kappa shape index (κ2) is 8.70. The van der Waals surface area contributed by atoms with Crippen LogP contribution in [0.2, 0.25) is 0 Å². The summed E-state index contributed by atoms with van der Waals surface area (Å²) >= 11 is 0. The molecule has 1 amide bonds. The van der Waals surface area contributed by atoms with Crippen molar-refractivity contribution in [3.63, 3.8) is 0 Å². The van der Waals surface area contributed by atoms with Crippen LogP contribution in [-0.4, -0.2) is 37.5 Å². The minimum atomic E-state index is 0. The molecule has 0 bridgehead atoms. The molecule has 130 valence electrons. The van der Waals surface area contributed by atoms with Gasteiger partial charge in [0.2, 0.25) is 0 Å². The van der Waals surface area contributed by atoms with E-state index in [2.05, 4.69) is 38.2 Å². The molecule has 1 aromatic rings. The summed E-state index contributed by atoms with van der Waals surface area (Å²) in [7, 11) is 2.00. The smallest absolute Gasteiger partial charge is 0.253 e. The van der Waals surface area contributed by atoms with Crippen LogP contribution < -0.4 is 5.32 Å². The van der Waals surface area contributed by atoms with Gasteiger partial charge in [-0.2, -0.15) is 0 Å². The second-order valence-corrected chi connectivity index (χ2v) is 7.46. The quantitative estimate of drug-likeness (QED) is 0.903. The maximum atomic E-state index is 12.6. The molecular weight excluding hydrogens is 308 g/mol. The lowest BCUT2D eigenvalue weighted by molar-refractivity contribution is 0.0687. The van der Waals surface area contributed by atoms with Gasteiger partial charge in [-0.1, -0.05) is 32.9 Å². The average molecular weight is 339 g/mol. The van der Waals surface area contributed by atoms with Crippen molar-refractivity contribution in [3.05, 3.63) is 35.4 Å². The first-order chi connectivity index (χ1) is 10.4. The minimum absolute atomic E-state index is 0. The van der Waals surface area contributed by atoms with E-state index < -0.39 is 0 Å². The van der Waals surface area contributed by atoms with Crippen LogP contribution in [0.5, 0.6) is 0 Å². The molecular formula is C19H31ClN2O. The van der Waals surface area contributed by atoms with Crippen LogP contribution in [0.25, 0.3) is 0 Å². The average Bonchev–Trinajstić information content (AvgIpc) is 2.52. The summed E-state index contributed by atoms with van der Waals surface area (Å²) in [5.74, 6) is 0.951. The highest BCUT2D eigenvalue weighted by molar-refractivity contribution is 5.94. The zero-order chi connectivity index (χ0) is 16.2. The molecule has 0 unspecified atom stereocenters. The van der Waals surface area contributed by atoms with Crippen LogP contribution in [0.3, 0.4) is 0 Å². The number of halogens is 1. The molecule has 1 aliphatic heterocycles. The van der Waals surface area contributed by atoms with E-state index in [0.29, 0.717) is 0 Å². The number of nitrogens with zero attached hydrogens (tertiary/aromatic N) is 1. The number of rotatable bonds is 4. The lowest BCUT2D eigenvalue weighted by Gasteiger charge is -2.32. The number of benzene rings is 1. The van der Waals surface area contributed by atoms with E-state index in [1.807, 2.05) is 24.1 Å². The van der Waals surface area contributed by atoms with E-state index >= 15 is 0 Å². The third-order valence-corrected chi connectivity index (χ3v) is 4.70. The van der Waals surface area contributed by atoms with Crippen molar-refractivity contribution in [2.75, 3.05) is 26.7 Å². The van der Waals surface area contributed by atoms with Gasteiger partial charge in [0.05, 0.1) is 0 Å². The largest absolute Gasteiger partial charge is 0.339 e. The maximum Gasteiger partial charge on any atom is 0.253 e. The molecule has 0 aromatic heterocycles. The maximum absolute atomic E-state index is 12.6. The lowest BCUT2D eigenvalue weighted by atomic mass is 9.86. The number of likely N-dealkylation sites (tertiary alicyclic amines) is 1. The Labute approximate surface area is 147 Å². The van der Waals surface area contributed by atoms with Crippen molar-refractivity contribution in [2.45, 2.75) is 45.4 Å². The van der Waals surface area contributed by atoms with Crippen molar-refractivity contribution in [2.24, 2.45) is 5.92 Å². The van der Waals surface area contributed by atoms with Crippen molar-refractivity contribution in [1.29, 1.82) is 0 Å². The predicted octanol–water partition coefficient (Wildman–Crippen LogP) is 3.87. The molecule has 1 aliphatic rings. The predicted molar refractivity (Wildman–Crippen MR) is 99.6 cm³/mol. The SMILES string of the molecule is CNCCC1CCN(C(=O)c2ccc(C(C)(C)C)cc2)CC1.Cl. The Bertz CT molecular complexity index is 485. The van der Waals surface area contributed by atoms with Crippen molar-refractivity contribution < 1.29 is 4.79 Å². The molecule has 0 spiro atoms. The van der Waals surface area contributed by atoms with Crippen LogP contribution in [-0.2, 0) is 5.41 Å². The topological polar surface area (TPSA) is 32.3 Å². The highest BCUT2D eigenvalue weighted by Gasteiger charge is 2.23. The van der Waals surface area contributed by atoms with Gasteiger partial charge in [0.1, 0.15) is 0 Å². The van der Waals surface area contributed by atoms with Crippen LogP contribution in [0, 0.1) is 5.92 Å². The van der Waals surface area contributed by atoms with E-state index in [1.54, 1.807) is 0 Å². The summed E-state index contributed by atoms with van der Waals surface area (Å²) in [6.45, 7) is 9.45. The zero-order valence-corrected chi connectivity index (χ0v) is 15.7. The fraction of sp³-hybridized carbons (Fsp3) is 0.632. The van der Waals surface area contributed by atoms with Crippen molar-refractivity contribution in [3.8, 4) is 0 Å². The summed E-state index contributed by atoms with van der Waals surface area (Å²) in [4.78, 5) is 14.6. The van der Waals surface area contributed by atoms with Crippen molar-refractivity contribution in [1.82, 2.24) is 10.2 Å². The molecule has 0 atom stereocenters. The Kier molecular flexibility index (Phi) is 7.56. The molecule has 2 rings (SSSR count). The van der Waals surface area contributed by atoms with Gasteiger partial charge in [0.25, 0.3) is 5.91 Å². The lowest BCUT2D eigenvalue weighted by Crippen LogP contribution is -2.39. The Morgan fingerprint density at radius 2 is 1.74 bits per heavy atom. The van der Waals surface area contributed by atoms with E-state index in [1.165, 1.54) is 12.0 Å². The first kappa shape index (κ1) is 20.0. The Hall–Kier alpha value is -1.06. The molecule has 1 N–H and O–H groups in total. The number of piperidine rings is 1. The van der Waals surface area contributed by atoms with Gasteiger partial charge in [-0.25, -0.2) is 0 Å². The summed E-state index contributed by atoms with van der Waals surface area (Å²) in [6, 6.07) is 8.14. The monoisotopic (exact) mass is 338 g/mol. The Morgan fingerprint density at radius 1 is 1.17 bits per heavy atom. The molecule has 1 heterocycles. The Balaban J connectivity index is 0.00000264. The number of hydrogen-bond acceptors (Lipinski definition) is 2. The third-order valence-electron chi connectivity index (χ3n) is 4.70. The first-order valence-electron chi connectivity index (χ1n) is 8.46. The molecule has 0 radical (unpaired) electrons. The highest BCUT2D eigenvalue weighted by Crippen LogP contribution is 2.24. The molecule has 3 nitrogen and oxygen atoms in total. The number of carbonyl (C=O) groups excluding carboxylic acids is 1. The van der Waals surface area contributed by atoms with Gasteiger partial charge in [0, 0.05) is 18.7 Å². The van der Waals surface area contributed by atoms with Gasteiger partial charge < -0.3 is 10.2 Å². The van der Waals surface area contributed by atoms with Crippen LogP contribution in [0.4, 0.5) is 0 Å². The summed E-state index contributed by atoms with van der Waals surface area (Å²) in [6.07, 6.45) is 3.49. The van der Waals surface area contributed by atoms with Crippen molar-refractivity contribution >= 4 is 18.3 Å². The second-order valence-electron chi connectivity index (χ2n) is 7.46. The third kappa shape index (κ3) is 5.50. The fourth-order valence-corrected chi connectivity index (χ4v) is 3.07. The summed E-state index contributed by atoms with van der Waals surface area (Å²) in [5, 5.41) is 3.21. The number of hydrogen-bond donors (Lipinski definition) is 1. The molecule has 1 saturated heterocycles. The first-order valence-corrected chi connectivity index (χ1v) is 8.46. The molecule has 4 heteroatoms. The molecule has 0 saturated carbocycles. The van der Waals surface area contributed by atoms with E-state index in [4.69, 9.17) is 0 Å². The van der Waals surface area contributed by atoms with E-state index in [9.17, 15) is 4.79 Å². The highest BCUT2D eigenvalue weighted by atomic mass is 35.5. The molecule has 0 aliphatic carbocycles. The van der Waals surface area contributed by atoms with Gasteiger partial charge >= 0.3 is 0 Å². The zero-order valence-electron chi connectivity index (χ0n) is 14.9. The van der Waals surface area contributed by atoms with E-state index in [-0.39, 0.29) is 23.7 Å². The molecule has 23 heavy (non-hydrogen) atoms. The van der Waals surface area contributed by atoms with Crippen LogP contribution in [0.15, 0.2) is 24.3 Å². The van der Waals surface area contributed by atoms with E-state index in [0.717, 1.165) is 44.0 Å².